The van der Waals surface area contributed by atoms with Crippen LogP contribution in [0.2, 0.25) is 0 Å². The number of sulfonamides is 1. The summed E-state index contributed by atoms with van der Waals surface area (Å²) in [5, 5.41) is 9.18. The van der Waals surface area contributed by atoms with Gasteiger partial charge in [0.05, 0.1) is 4.90 Å². The monoisotopic (exact) mass is 390 g/mol. The molecule has 0 amide bonds. The first kappa shape index (κ1) is 17.9. The van der Waals surface area contributed by atoms with Gasteiger partial charge in [0.25, 0.3) is 10.0 Å². The molecule has 26 heavy (non-hydrogen) atoms. The summed E-state index contributed by atoms with van der Waals surface area (Å²) < 4.78 is 32.1. The fourth-order valence-electron chi connectivity index (χ4n) is 2.13. The predicted octanol–water partition coefficient (Wildman–Crippen LogP) is 3.98. The summed E-state index contributed by atoms with van der Waals surface area (Å²) in [7, 11) is -3.94. The Morgan fingerprint density at radius 3 is 2.38 bits per heavy atom. The normalized spacial score (nSPS) is 11.1. The standard InChI is InChI=1S/C17H14N2O5S2/c1-11-7-9-13(10-8-11)26(22,23)19-14-16(24-17(20)21)25-15(18-14)12-5-3-2-4-6-12/h2-10,19H,1H3,(H,20,21). The number of thiazole rings is 1. The van der Waals surface area contributed by atoms with Crippen molar-refractivity contribution in [3.8, 4) is 15.6 Å². The number of benzene rings is 2. The van der Waals surface area contributed by atoms with Crippen LogP contribution in [0.1, 0.15) is 5.56 Å². The van der Waals surface area contributed by atoms with E-state index in [0.717, 1.165) is 16.9 Å². The van der Waals surface area contributed by atoms with Crippen LogP contribution in [0.15, 0.2) is 59.5 Å². The molecular formula is C17H14N2O5S2. The highest BCUT2D eigenvalue weighted by molar-refractivity contribution is 7.92. The minimum atomic E-state index is -3.94. The number of aryl methyl sites for hydroxylation is 1. The van der Waals surface area contributed by atoms with E-state index in [9.17, 15) is 13.2 Å². The second kappa shape index (κ2) is 7.14. The van der Waals surface area contributed by atoms with Gasteiger partial charge in [-0.2, -0.15) is 0 Å². The molecule has 0 unspecified atom stereocenters. The highest BCUT2D eigenvalue weighted by Crippen LogP contribution is 2.38. The first-order valence-electron chi connectivity index (χ1n) is 7.42. The molecule has 0 aliphatic rings. The van der Waals surface area contributed by atoms with Gasteiger partial charge in [0, 0.05) is 5.56 Å². The first-order chi connectivity index (χ1) is 12.3. The highest BCUT2D eigenvalue weighted by atomic mass is 32.2. The summed E-state index contributed by atoms with van der Waals surface area (Å²) in [6, 6.07) is 15.2. The number of anilines is 1. The lowest BCUT2D eigenvalue weighted by Crippen LogP contribution is -2.14. The van der Waals surface area contributed by atoms with Crippen molar-refractivity contribution in [1.29, 1.82) is 0 Å². The number of rotatable bonds is 5. The largest absolute Gasteiger partial charge is 0.512 e. The lowest BCUT2D eigenvalue weighted by molar-refractivity contribution is 0.146. The Morgan fingerprint density at radius 2 is 1.77 bits per heavy atom. The quantitative estimate of drug-likeness (QED) is 0.639. The Balaban J connectivity index is 1.99. The SMILES string of the molecule is Cc1ccc(S(=O)(=O)Nc2nc(-c3ccccc3)sc2OC(=O)O)cc1. The van der Waals surface area contributed by atoms with Gasteiger partial charge in [0.1, 0.15) is 5.01 Å². The van der Waals surface area contributed by atoms with Gasteiger partial charge in [-0.05, 0) is 19.1 Å². The average molecular weight is 390 g/mol. The number of nitrogens with zero attached hydrogens (tertiary/aromatic N) is 1. The molecular weight excluding hydrogens is 376 g/mol. The van der Waals surface area contributed by atoms with E-state index in [1.165, 1.54) is 12.1 Å². The van der Waals surface area contributed by atoms with Crippen molar-refractivity contribution in [3.63, 3.8) is 0 Å². The van der Waals surface area contributed by atoms with E-state index >= 15 is 0 Å². The third-order valence-corrected chi connectivity index (χ3v) is 5.70. The fourth-order valence-corrected chi connectivity index (χ4v) is 4.07. The molecule has 0 aliphatic carbocycles. The van der Waals surface area contributed by atoms with Crippen molar-refractivity contribution >= 4 is 33.3 Å². The molecule has 0 saturated carbocycles. The molecule has 0 aliphatic heterocycles. The zero-order chi connectivity index (χ0) is 18.7. The third kappa shape index (κ3) is 4.01. The number of aromatic nitrogens is 1. The third-order valence-electron chi connectivity index (χ3n) is 3.36. The van der Waals surface area contributed by atoms with Crippen LogP contribution in [0.3, 0.4) is 0 Å². The summed E-state index contributed by atoms with van der Waals surface area (Å²) in [6.45, 7) is 1.84. The molecule has 0 spiro atoms. The van der Waals surface area contributed by atoms with Crippen molar-refractivity contribution in [1.82, 2.24) is 4.98 Å². The molecule has 3 rings (SSSR count). The maximum absolute atomic E-state index is 12.5. The molecule has 9 heteroatoms. The number of ether oxygens (including phenoxy) is 1. The van der Waals surface area contributed by atoms with Crippen LogP contribution in [-0.2, 0) is 10.0 Å². The number of hydrogen-bond donors (Lipinski definition) is 2. The zero-order valence-electron chi connectivity index (χ0n) is 13.5. The number of carboxylic acid groups (broad SMARTS) is 1. The Bertz CT molecular complexity index is 1030. The van der Waals surface area contributed by atoms with E-state index < -0.39 is 16.2 Å². The molecule has 2 aromatic carbocycles. The van der Waals surface area contributed by atoms with E-state index in [1.54, 1.807) is 36.4 Å². The summed E-state index contributed by atoms with van der Waals surface area (Å²) in [6.07, 6.45) is -1.55. The molecule has 1 heterocycles. The smallest absolute Gasteiger partial charge is 0.449 e. The van der Waals surface area contributed by atoms with Gasteiger partial charge in [-0.3, -0.25) is 4.72 Å². The van der Waals surface area contributed by atoms with Gasteiger partial charge >= 0.3 is 6.16 Å². The Hall–Kier alpha value is -2.91. The van der Waals surface area contributed by atoms with Crippen molar-refractivity contribution in [3.05, 3.63) is 60.2 Å². The zero-order valence-corrected chi connectivity index (χ0v) is 15.2. The molecule has 3 aromatic rings. The van der Waals surface area contributed by atoms with E-state index in [1.807, 2.05) is 13.0 Å². The van der Waals surface area contributed by atoms with Crippen molar-refractivity contribution in [2.45, 2.75) is 11.8 Å². The molecule has 2 N–H and O–H groups in total. The molecule has 0 atom stereocenters. The summed E-state index contributed by atoms with van der Waals surface area (Å²) in [5.41, 5.74) is 1.63. The van der Waals surface area contributed by atoms with E-state index in [4.69, 9.17) is 9.84 Å². The first-order valence-corrected chi connectivity index (χ1v) is 9.71. The summed E-state index contributed by atoms with van der Waals surface area (Å²) in [5.74, 6) is -0.170. The van der Waals surface area contributed by atoms with Gasteiger partial charge in [0.15, 0.2) is 5.82 Å². The van der Waals surface area contributed by atoms with E-state index in [0.29, 0.717) is 10.6 Å². The molecule has 7 nitrogen and oxygen atoms in total. The van der Waals surface area contributed by atoms with Gasteiger partial charge in [-0.1, -0.05) is 59.4 Å². The van der Waals surface area contributed by atoms with Crippen molar-refractivity contribution in [2.24, 2.45) is 0 Å². The number of nitrogens with one attached hydrogen (secondary N) is 1. The minimum absolute atomic E-state index is 0.0404. The average Bonchev–Trinajstić information content (AvgIpc) is 2.97. The maximum atomic E-state index is 12.5. The Morgan fingerprint density at radius 1 is 1.12 bits per heavy atom. The highest BCUT2D eigenvalue weighted by Gasteiger charge is 2.22. The number of carbonyl (C=O) groups is 1. The Labute approximate surface area is 154 Å². The van der Waals surface area contributed by atoms with Crippen LogP contribution in [0.5, 0.6) is 5.06 Å². The van der Waals surface area contributed by atoms with Gasteiger partial charge < -0.3 is 9.84 Å². The van der Waals surface area contributed by atoms with Crippen molar-refractivity contribution < 1.29 is 23.1 Å². The minimum Gasteiger partial charge on any atom is -0.449 e. The second-order valence-corrected chi connectivity index (χ2v) is 7.95. The van der Waals surface area contributed by atoms with Crippen LogP contribution in [0.25, 0.3) is 10.6 Å². The molecule has 0 radical (unpaired) electrons. The molecule has 0 fully saturated rings. The van der Waals surface area contributed by atoms with Crippen molar-refractivity contribution in [2.75, 3.05) is 4.72 Å². The van der Waals surface area contributed by atoms with Crippen LogP contribution < -0.4 is 9.46 Å². The Kier molecular flexibility index (Phi) is 4.92. The molecule has 0 bridgehead atoms. The number of hydrogen-bond acceptors (Lipinski definition) is 6. The molecule has 134 valence electrons. The molecule has 0 saturated heterocycles. The lowest BCUT2D eigenvalue weighted by atomic mass is 10.2. The maximum Gasteiger partial charge on any atom is 0.512 e. The van der Waals surface area contributed by atoms with E-state index in [-0.39, 0.29) is 15.8 Å². The lowest BCUT2D eigenvalue weighted by Gasteiger charge is -2.07. The van der Waals surface area contributed by atoms with Gasteiger partial charge in [-0.15, -0.1) is 0 Å². The van der Waals surface area contributed by atoms with Gasteiger partial charge in [0.2, 0.25) is 5.06 Å². The van der Waals surface area contributed by atoms with Crippen LogP contribution in [0, 0.1) is 6.92 Å². The van der Waals surface area contributed by atoms with E-state index in [2.05, 4.69) is 9.71 Å². The van der Waals surface area contributed by atoms with Crippen LogP contribution in [-0.4, -0.2) is 24.7 Å². The topological polar surface area (TPSA) is 106 Å². The summed E-state index contributed by atoms with van der Waals surface area (Å²) >= 11 is 0.938. The van der Waals surface area contributed by atoms with Crippen LogP contribution in [0.4, 0.5) is 10.6 Å². The fraction of sp³-hybridized carbons (Fsp3) is 0.0588. The second-order valence-electron chi connectivity index (χ2n) is 5.31. The summed E-state index contributed by atoms with van der Waals surface area (Å²) in [4.78, 5) is 15.2. The van der Waals surface area contributed by atoms with Crippen LogP contribution >= 0.6 is 11.3 Å². The molecule has 1 aromatic heterocycles. The predicted molar refractivity (Wildman–Crippen MR) is 98.2 cm³/mol. The van der Waals surface area contributed by atoms with Gasteiger partial charge in [-0.25, -0.2) is 18.2 Å².